The third-order valence-electron chi connectivity index (χ3n) is 2.94. The van der Waals surface area contributed by atoms with Crippen molar-refractivity contribution in [2.24, 2.45) is 0 Å². The monoisotopic (exact) mass is 303 g/mol. The van der Waals surface area contributed by atoms with Crippen molar-refractivity contribution in [3.05, 3.63) is 54.3 Å². The maximum absolute atomic E-state index is 12.8. The SMILES string of the molecule is CCOc1ccccc1NC(=O)C(C)Oc1ccc(F)cc1. The van der Waals surface area contributed by atoms with E-state index >= 15 is 0 Å². The van der Waals surface area contributed by atoms with E-state index in [-0.39, 0.29) is 11.7 Å². The van der Waals surface area contributed by atoms with Crippen LogP contribution in [0.1, 0.15) is 13.8 Å². The molecule has 116 valence electrons. The summed E-state index contributed by atoms with van der Waals surface area (Å²) in [6.45, 7) is 4.01. The van der Waals surface area contributed by atoms with E-state index in [2.05, 4.69) is 5.32 Å². The highest BCUT2D eigenvalue weighted by Gasteiger charge is 2.16. The zero-order chi connectivity index (χ0) is 15.9. The van der Waals surface area contributed by atoms with Crippen LogP contribution in [-0.2, 0) is 4.79 Å². The van der Waals surface area contributed by atoms with Gasteiger partial charge in [-0.1, -0.05) is 12.1 Å². The smallest absolute Gasteiger partial charge is 0.265 e. The molecule has 22 heavy (non-hydrogen) atoms. The number of nitrogens with one attached hydrogen (secondary N) is 1. The Hall–Kier alpha value is -2.56. The molecular weight excluding hydrogens is 285 g/mol. The maximum Gasteiger partial charge on any atom is 0.265 e. The molecule has 0 fully saturated rings. The van der Waals surface area contributed by atoms with Crippen molar-refractivity contribution in [2.45, 2.75) is 20.0 Å². The van der Waals surface area contributed by atoms with Crippen LogP contribution in [-0.4, -0.2) is 18.6 Å². The second kappa shape index (κ2) is 7.45. The molecule has 0 heterocycles. The Morgan fingerprint density at radius 2 is 1.86 bits per heavy atom. The van der Waals surface area contributed by atoms with Gasteiger partial charge in [0.15, 0.2) is 6.10 Å². The third-order valence-corrected chi connectivity index (χ3v) is 2.94. The minimum absolute atomic E-state index is 0.309. The van der Waals surface area contributed by atoms with Gasteiger partial charge in [0.25, 0.3) is 5.91 Å². The highest BCUT2D eigenvalue weighted by atomic mass is 19.1. The van der Waals surface area contributed by atoms with Crippen molar-refractivity contribution in [1.29, 1.82) is 0 Å². The summed E-state index contributed by atoms with van der Waals surface area (Å²) in [4.78, 5) is 12.2. The van der Waals surface area contributed by atoms with Crippen LogP contribution in [0.3, 0.4) is 0 Å². The van der Waals surface area contributed by atoms with Crippen LogP contribution >= 0.6 is 0 Å². The van der Waals surface area contributed by atoms with Crippen LogP contribution in [0.25, 0.3) is 0 Å². The number of hydrogen-bond donors (Lipinski definition) is 1. The molecule has 5 heteroatoms. The van der Waals surface area contributed by atoms with E-state index in [1.54, 1.807) is 19.1 Å². The highest BCUT2D eigenvalue weighted by Crippen LogP contribution is 2.24. The van der Waals surface area contributed by atoms with E-state index < -0.39 is 6.10 Å². The molecule has 0 aliphatic heterocycles. The largest absolute Gasteiger partial charge is 0.492 e. The van der Waals surface area contributed by atoms with Gasteiger partial charge in [-0.05, 0) is 50.2 Å². The van der Waals surface area contributed by atoms with Gasteiger partial charge in [-0.2, -0.15) is 0 Å². The summed E-state index contributed by atoms with van der Waals surface area (Å²) in [5.41, 5.74) is 0.587. The normalized spacial score (nSPS) is 11.6. The van der Waals surface area contributed by atoms with Crippen molar-refractivity contribution in [2.75, 3.05) is 11.9 Å². The Bertz CT molecular complexity index is 628. The first-order chi connectivity index (χ1) is 10.6. The van der Waals surface area contributed by atoms with Crippen LogP contribution in [0, 0.1) is 5.82 Å². The average molecular weight is 303 g/mol. The third kappa shape index (κ3) is 4.22. The predicted octanol–water partition coefficient (Wildman–Crippen LogP) is 3.63. The van der Waals surface area contributed by atoms with E-state index in [4.69, 9.17) is 9.47 Å². The molecule has 0 aliphatic rings. The van der Waals surface area contributed by atoms with Crippen molar-refractivity contribution < 1.29 is 18.7 Å². The minimum Gasteiger partial charge on any atom is -0.492 e. The molecule has 2 aromatic carbocycles. The van der Waals surface area contributed by atoms with E-state index in [0.717, 1.165) is 0 Å². The number of carbonyl (C=O) groups excluding carboxylic acids is 1. The Balaban J connectivity index is 2.01. The quantitative estimate of drug-likeness (QED) is 0.886. The Morgan fingerprint density at radius 3 is 2.55 bits per heavy atom. The van der Waals surface area contributed by atoms with Gasteiger partial charge in [-0.15, -0.1) is 0 Å². The Morgan fingerprint density at radius 1 is 1.18 bits per heavy atom. The number of hydrogen-bond acceptors (Lipinski definition) is 3. The molecule has 2 aromatic rings. The molecule has 4 nitrogen and oxygen atoms in total. The summed E-state index contributed by atoms with van der Waals surface area (Å²) in [6.07, 6.45) is -0.722. The number of rotatable bonds is 6. The van der Waals surface area contributed by atoms with Gasteiger partial charge >= 0.3 is 0 Å². The van der Waals surface area contributed by atoms with Gasteiger partial charge < -0.3 is 14.8 Å². The number of benzene rings is 2. The van der Waals surface area contributed by atoms with Crippen LogP contribution in [0.4, 0.5) is 10.1 Å². The molecule has 1 unspecified atom stereocenters. The van der Waals surface area contributed by atoms with Gasteiger partial charge in [-0.3, -0.25) is 4.79 Å². The molecule has 0 aliphatic carbocycles. The minimum atomic E-state index is -0.722. The molecule has 0 radical (unpaired) electrons. The topological polar surface area (TPSA) is 47.6 Å². The molecule has 0 spiro atoms. The van der Waals surface area contributed by atoms with E-state index in [1.165, 1.54) is 24.3 Å². The van der Waals surface area contributed by atoms with Crippen LogP contribution < -0.4 is 14.8 Å². The molecule has 0 saturated heterocycles. The molecule has 1 amide bonds. The van der Waals surface area contributed by atoms with Crippen molar-refractivity contribution in [3.63, 3.8) is 0 Å². The molecule has 1 N–H and O–H groups in total. The van der Waals surface area contributed by atoms with Crippen molar-refractivity contribution >= 4 is 11.6 Å². The van der Waals surface area contributed by atoms with E-state index in [9.17, 15) is 9.18 Å². The Labute approximate surface area is 128 Å². The lowest BCUT2D eigenvalue weighted by Gasteiger charge is -2.16. The number of ether oxygens (including phenoxy) is 2. The zero-order valence-corrected chi connectivity index (χ0v) is 12.5. The molecular formula is C17H18FNO3. The van der Waals surface area contributed by atoms with Crippen molar-refractivity contribution in [1.82, 2.24) is 0 Å². The summed E-state index contributed by atoms with van der Waals surface area (Å²) < 4.78 is 23.8. The Kier molecular flexibility index (Phi) is 5.36. The molecule has 2 rings (SSSR count). The first-order valence-electron chi connectivity index (χ1n) is 7.05. The number of carbonyl (C=O) groups is 1. The van der Waals surface area contributed by atoms with Gasteiger partial charge in [0, 0.05) is 0 Å². The number of halogens is 1. The number of anilines is 1. The second-order valence-corrected chi connectivity index (χ2v) is 4.63. The molecule has 1 atom stereocenters. The number of amides is 1. The fourth-order valence-corrected chi connectivity index (χ4v) is 1.86. The van der Waals surface area contributed by atoms with Crippen LogP contribution in [0.2, 0.25) is 0 Å². The lowest BCUT2D eigenvalue weighted by atomic mass is 10.2. The summed E-state index contributed by atoms with van der Waals surface area (Å²) >= 11 is 0. The second-order valence-electron chi connectivity index (χ2n) is 4.63. The van der Waals surface area contributed by atoms with Crippen LogP contribution in [0.5, 0.6) is 11.5 Å². The van der Waals surface area contributed by atoms with Crippen LogP contribution in [0.15, 0.2) is 48.5 Å². The van der Waals surface area contributed by atoms with E-state index in [0.29, 0.717) is 23.8 Å². The van der Waals surface area contributed by atoms with Gasteiger partial charge in [0.05, 0.1) is 12.3 Å². The first kappa shape index (κ1) is 15.8. The summed E-state index contributed by atoms with van der Waals surface area (Å²) in [7, 11) is 0. The summed E-state index contributed by atoms with van der Waals surface area (Å²) in [5, 5.41) is 2.76. The lowest BCUT2D eigenvalue weighted by molar-refractivity contribution is -0.122. The molecule has 0 bridgehead atoms. The average Bonchev–Trinajstić information content (AvgIpc) is 2.51. The highest BCUT2D eigenvalue weighted by molar-refractivity contribution is 5.95. The summed E-state index contributed by atoms with van der Waals surface area (Å²) in [6, 6.07) is 12.7. The maximum atomic E-state index is 12.8. The number of para-hydroxylation sites is 2. The van der Waals surface area contributed by atoms with Gasteiger partial charge in [-0.25, -0.2) is 4.39 Å². The van der Waals surface area contributed by atoms with Gasteiger partial charge in [0.1, 0.15) is 17.3 Å². The first-order valence-corrected chi connectivity index (χ1v) is 7.05. The zero-order valence-electron chi connectivity index (χ0n) is 12.5. The van der Waals surface area contributed by atoms with Gasteiger partial charge in [0.2, 0.25) is 0 Å². The fraction of sp³-hybridized carbons (Fsp3) is 0.235. The molecule has 0 aromatic heterocycles. The van der Waals surface area contributed by atoms with Crippen molar-refractivity contribution in [3.8, 4) is 11.5 Å². The predicted molar refractivity (Wildman–Crippen MR) is 82.7 cm³/mol. The summed E-state index contributed by atoms with van der Waals surface area (Å²) in [5.74, 6) is 0.376. The molecule has 0 saturated carbocycles. The standard InChI is InChI=1S/C17H18FNO3/c1-3-21-16-7-5-4-6-15(16)19-17(20)12(2)22-14-10-8-13(18)9-11-14/h4-12H,3H2,1-2H3,(H,19,20). The lowest BCUT2D eigenvalue weighted by Crippen LogP contribution is -2.30. The fourth-order valence-electron chi connectivity index (χ4n) is 1.86. The van der Waals surface area contributed by atoms with E-state index in [1.807, 2.05) is 19.1 Å².